The Morgan fingerprint density at radius 1 is 1.38 bits per heavy atom. The summed E-state index contributed by atoms with van der Waals surface area (Å²) in [5, 5.41) is 19.9. The average Bonchev–Trinajstić information content (AvgIpc) is 2.37. The zero-order chi connectivity index (χ0) is 16.0. The molecule has 1 aromatic rings. The highest BCUT2D eigenvalue weighted by molar-refractivity contribution is 9.10. The van der Waals surface area contributed by atoms with Crippen LogP contribution in [-0.2, 0) is 11.3 Å². The largest absolute Gasteiger partial charge is 0.480 e. The number of aliphatic carboxylic acids is 1. The number of nitrogens with zero attached hydrogens (tertiary/aromatic N) is 3. The summed E-state index contributed by atoms with van der Waals surface area (Å²) in [7, 11) is 3.81. The van der Waals surface area contributed by atoms with Crippen molar-refractivity contribution in [3.8, 4) is 0 Å². The molecule has 0 bridgehead atoms. The van der Waals surface area contributed by atoms with E-state index in [-0.39, 0.29) is 12.2 Å². The number of hydrogen-bond acceptors (Lipinski definition) is 5. The minimum Gasteiger partial charge on any atom is -0.480 e. The van der Waals surface area contributed by atoms with E-state index in [1.54, 1.807) is 17.0 Å². The Kier molecular flexibility index (Phi) is 6.73. The zero-order valence-corrected chi connectivity index (χ0v) is 13.5. The average molecular weight is 360 g/mol. The number of nitro benzene ring substituents is 1. The molecule has 0 fully saturated rings. The van der Waals surface area contributed by atoms with Gasteiger partial charge in [-0.3, -0.25) is 19.8 Å². The van der Waals surface area contributed by atoms with E-state index in [1.165, 1.54) is 6.07 Å². The van der Waals surface area contributed by atoms with Gasteiger partial charge in [-0.2, -0.15) is 0 Å². The van der Waals surface area contributed by atoms with Crippen LogP contribution in [0.15, 0.2) is 22.7 Å². The number of hydrogen-bond donors (Lipinski definition) is 1. The van der Waals surface area contributed by atoms with E-state index in [2.05, 4.69) is 15.9 Å². The summed E-state index contributed by atoms with van der Waals surface area (Å²) in [5.41, 5.74) is 0.680. The summed E-state index contributed by atoms with van der Waals surface area (Å²) in [4.78, 5) is 25.1. The molecule has 0 spiro atoms. The molecule has 0 saturated heterocycles. The quantitative estimate of drug-likeness (QED) is 0.562. The van der Waals surface area contributed by atoms with Crippen molar-refractivity contribution in [2.24, 2.45) is 0 Å². The molecule has 0 atom stereocenters. The Balaban J connectivity index is 2.89. The number of carboxylic acid groups (broad SMARTS) is 1. The van der Waals surface area contributed by atoms with Gasteiger partial charge in [0.15, 0.2) is 0 Å². The Labute approximate surface area is 131 Å². The highest BCUT2D eigenvalue weighted by Crippen LogP contribution is 2.29. The first-order valence-electron chi connectivity index (χ1n) is 6.32. The van der Waals surface area contributed by atoms with Gasteiger partial charge in [-0.15, -0.1) is 0 Å². The van der Waals surface area contributed by atoms with Crippen LogP contribution in [0.1, 0.15) is 5.56 Å². The van der Waals surface area contributed by atoms with Gasteiger partial charge in [-0.05, 0) is 35.6 Å². The highest BCUT2D eigenvalue weighted by Gasteiger charge is 2.18. The van der Waals surface area contributed by atoms with Crippen LogP contribution in [0.4, 0.5) is 5.69 Å². The fourth-order valence-corrected chi connectivity index (χ4v) is 2.35. The number of carboxylic acids is 1. The van der Waals surface area contributed by atoms with Gasteiger partial charge in [0, 0.05) is 25.7 Å². The van der Waals surface area contributed by atoms with Crippen molar-refractivity contribution in [2.45, 2.75) is 6.54 Å². The van der Waals surface area contributed by atoms with Crippen LogP contribution in [-0.4, -0.2) is 59.5 Å². The normalized spacial score (nSPS) is 11.1. The number of halogens is 1. The number of rotatable bonds is 8. The lowest BCUT2D eigenvalue weighted by molar-refractivity contribution is -0.385. The smallest absolute Gasteiger partial charge is 0.317 e. The third-order valence-electron chi connectivity index (χ3n) is 2.87. The topological polar surface area (TPSA) is 86.9 Å². The maximum Gasteiger partial charge on any atom is 0.317 e. The molecule has 0 radical (unpaired) electrons. The van der Waals surface area contributed by atoms with Gasteiger partial charge in [0.05, 0.1) is 15.9 Å². The third kappa shape index (κ3) is 5.78. The molecular formula is C13H18BrN3O4. The minimum atomic E-state index is -0.921. The van der Waals surface area contributed by atoms with Gasteiger partial charge in [0.2, 0.25) is 0 Å². The predicted molar refractivity (Wildman–Crippen MR) is 82.3 cm³/mol. The standard InChI is InChI=1S/C13H18BrN3O4/c1-15(2)6-7-16(9-12(18)19)8-10-4-3-5-11(13(10)14)17(20)21/h3-5H,6-9H2,1-2H3,(H,18,19). The van der Waals surface area contributed by atoms with E-state index in [4.69, 9.17) is 5.11 Å². The van der Waals surface area contributed by atoms with E-state index >= 15 is 0 Å². The van der Waals surface area contributed by atoms with Gasteiger partial charge in [-0.25, -0.2) is 0 Å². The molecule has 0 heterocycles. The summed E-state index contributed by atoms with van der Waals surface area (Å²) in [6.45, 7) is 1.50. The summed E-state index contributed by atoms with van der Waals surface area (Å²) < 4.78 is 0.398. The van der Waals surface area contributed by atoms with E-state index in [9.17, 15) is 14.9 Å². The molecule has 0 amide bonds. The first kappa shape index (κ1) is 17.5. The molecule has 0 aliphatic carbocycles. The van der Waals surface area contributed by atoms with Gasteiger partial charge in [0.25, 0.3) is 5.69 Å². The van der Waals surface area contributed by atoms with E-state index in [0.717, 1.165) is 0 Å². The second kappa shape index (κ2) is 8.06. The molecule has 7 nitrogen and oxygen atoms in total. The molecule has 0 aliphatic heterocycles. The van der Waals surface area contributed by atoms with E-state index < -0.39 is 10.9 Å². The highest BCUT2D eigenvalue weighted by atomic mass is 79.9. The molecule has 21 heavy (non-hydrogen) atoms. The Morgan fingerprint density at radius 3 is 2.57 bits per heavy atom. The molecule has 0 saturated carbocycles. The minimum absolute atomic E-state index is 0.0182. The van der Waals surface area contributed by atoms with Gasteiger partial charge >= 0.3 is 5.97 Å². The van der Waals surface area contributed by atoms with Crippen molar-refractivity contribution >= 4 is 27.6 Å². The fourth-order valence-electron chi connectivity index (χ4n) is 1.82. The van der Waals surface area contributed by atoms with Gasteiger partial charge in [0.1, 0.15) is 0 Å². The molecule has 1 rings (SSSR count). The third-order valence-corrected chi connectivity index (χ3v) is 3.79. The second-order valence-corrected chi connectivity index (χ2v) is 5.71. The van der Waals surface area contributed by atoms with Crippen LogP contribution in [0.2, 0.25) is 0 Å². The molecule has 0 unspecified atom stereocenters. The Bertz CT molecular complexity index is 522. The lowest BCUT2D eigenvalue weighted by atomic mass is 10.2. The van der Waals surface area contributed by atoms with Crippen molar-refractivity contribution in [3.63, 3.8) is 0 Å². The Morgan fingerprint density at radius 2 is 2.05 bits per heavy atom. The second-order valence-electron chi connectivity index (χ2n) is 4.92. The van der Waals surface area contributed by atoms with Crippen molar-refractivity contribution in [1.82, 2.24) is 9.80 Å². The summed E-state index contributed by atoms with van der Waals surface area (Å²) in [6, 6.07) is 4.76. The Hall–Kier alpha value is -1.51. The molecule has 1 N–H and O–H groups in total. The van der Waals surface area contributed by atoms with E-state index in [0.29, 0.717) is 29.7 Å². The van der Waals surface area contributed by atoms with Crippen LogP contribution in [0, 0.1) is 10.1 Å². The molecule has 0 aliphatic rings. The monoisotopic (exact) mass is 359 g/mol. The molecule has 0 aromatic heterocycles. The van der Waals surface area contributed by atoms with Crippen molar-refractivity contribution < 1.29 is 14.8 Å². The van der Waals surface area contributed by atoms with E-state index in [1.807, 2.05) is 19.0 Å². The molecule has 1 aromatic carbocycles. The lowest BCUT2D eigenvalue weighted by Crippen LogP contribution is -2.35. The molecule has 116 valence electrons. The van der Waals surface area contributed by atoms with Crippen LogP contribution >= 0.6 is 15.9 Å². The lowest BCUT2D eigenvalue weighted by Gasteiger charge is -2.22. The van der Waals surface area contributed by atoms with Crippen LogP contribution in [0.25, 0.3) is 0 Å². The van der Waals surface area contributed by atoms with Crippen molar-refractivity contribution in [1.29, 1.82) is 0 Å². The molecular weight excluding hydrogens is 342 g/mol. The van der Waals surface area contributed by atoms with Gasteiger partial charge in [-0.1, -0.05) is 12.1 Å². The maximum absolute atomic E-state index is 10.9. The SMILES string of the molecule is CN(C)CCN(CC(=O)O)Cc1cccc([N+](=O)[O-])c1Br. The van der Waals surface area contributed by atoms with Crippen molar-refractivity contribution in [2.75, 3.05) is 33.7 Å². The van der Waals surface area contributed by atoms with Crippen molar-refractivity contribution in [3.05, 3.63) is 38.3 Å². The number of benzene rings is 1. The van der Waals surface area contributed by atoms with Crippen LogP contribution in [0.5, 0.6) is 0 Å². The van der Waals surface area contributed by atoms with Gasteiger partial charge < -0.3 is 10.0 Å². The van der Waals surface area contributed by atoms with Crippen LogP contribution in [0.3, 0.4) is 0 Å². The fraction of sp³-hybridized carbons (Fsp3) is 0.462. The number of likely N-dealkylation sites (N-methyl/N-ethyl adjacent to an activating group) is 1. The summed E-state index contributed by atoms with van der Waals surface area (Å²) >= 11 is 3.23. The number of nitro groups is 1. The summed E-state index contributed by atoms with van der Waals surface area (Å²) in [5.74, 6) is -0.921. The first-order chi connectivity index (χ1) is 9.81. The maximum atomic E-state index is 10.9. The first-order valence-corrected chi connectivity index (χ1v) is 7.11. The summed E-state index contributed by atoms with van der Waals surface area (Å²) in [6.07, 6.45) is 0. The zero-order valence-electron chi connectivity index (χ0n) is 12.0. The predicted octanol–water partition coefficient (Wildman–Crippen LogP) is 1.81. The number of carbonyl (C=O) groups is 1. The molecule has 8 heteroatoms. The van der Waals surface area contributed by atoms with Crippen LogP contribution < -0.4 is 0 Å².